The fraction of sp³-hybridized carbons (Fsp3) is 0.148. The molecule has 202 valence electrons. The molecule has 39 heavy (non-hydrogen) atoms. The van der Waals surface area contributed by atoms with Crippen LogP contribution in [0.5, 0.6) is 11.5 Å². The number of nitrogens with one attached hydrogen (secondary N) is 3. The molecular weight excluding hydrogens is 544 g/mol. The third-order valence-electron chi connectivity index (χ3n) is 5.28. The predicted octanol–water partition coefficient (Wildman–Crippen LogP) is 4.62. The quantitative estimate of drug-likeness (QED) is 0.254. The Hall–Kier alpha value is -4.35. The first-order valence-electron chi connectivity index (χ1n) is 11.8. The van der Waals surface area contributed by atoms with Crippen LogP contribution in [-0.2, 0) is 14.8 Å². The molecular formula is C27H25ClN4O6S. The molecule has 0 aliphatic heterocycles. The second kappa shape index (κ2) is 12.0. The van der Waals surface area contributed by atoms with Crippen LogP contribution in [0.4, 0.5) is 11.4 Å². The van der Waals surface area contributed by atoms with Gasteiger partial charge >= 0.3 is 0 Å². The Labute approximate surface area is 230 Å². The number of anilines is 2. The summed E-state index contributed by atoms with van der Waals surface area (Å²) in [5.74, 6) is 0.678. The SMILES string of the molecule is CCOc1ccc(NS(=O)(=O)c2ccc(OCC(=O)Nc3cccc(-c4nc(C)cc(=O)[nH]4)c3)c(Cl)c2)cc1. The van der Waals surface area contributed by atoms with Gasteiger partial charge in [-0.05, 0) is 68.4 Å². The average Bonchev–Trinajstić information content (AvgIpc) is 2.88. The molecule has 0 radical (unpaired) electrons. The number of halogens is 1. The second-order valence-corrected chi connectivity index (χ2v) is 10.4. The van der Waals surface area contributed by atoms with Gasteiger partial charge in [-0.2, -0.15) is 0 Å². The monoisotopic (exact) mass is 568 g/mol. The normalized spacial score (nSPS) is 11.1. The Morgan fingerprint density at radius 1 is 1.00 bits per heavy atom. The van der Waals surface area contributed by atoms with Gasteiger partial charge in [-0.1, -0.05) is 23.7 Å². The summed E-state index contributed by atoms with van der Waals surface area (Å²) in [6.07, 6.45) is 0. The van der Waals surface area contributed by atoms with Gasteiger partial charge in [0.2, 0.25) is 0 Å². The number of aromatic nitrogens is 2. The molecule has 0 aliphatic carbocycles. The molecule has 0 unspecified atom stereocenters. The Morgan fingerprint density at radius 2 is 1.77 bits per heavy atom. The van der Waals surface area contributed by atoms with Crippen molar-refractivity contribution >= 4 is 38.9 Å². The van der Waals surface area contributed by atoms with E-state index in [2.05, 4.69) is 20.0 Å². The lowest BCUT2D eigenvalue weighted by molar-refractivity contribution is -0.118. The van der Waals surface area contributed by atoms with Gasteiger partial charge in [0.15, 0.2) is 6.61 Å². The van der Waals surface area contributed by atoms with E-state index in [0.717, 1.165) is 0 Å². The van der Waals surface area contributed by atoms with Crippen molar-refractivity contribution in [3.63, 3.8) is 0 Å². The molecule has 12 heteroatoms. The van der Waals surface area contributed by atoms with E-state index < -0.39 is 15.9 Å². The van der Waals surface area contributed by atoms with E-state index >= 15 is 0 Å². The zero-order valence-corrected chi connectivity index (χ0v) is 22.6. The smallest absolute Gasteiger partial charge is 0.262 e. The maximum Gasteiger partial charge on any atom is 0.262 e. The Kier molecular flexibility index (Phi) is 8.52. The standard InChI is InChI=1S/C27H25ClN4O6S/c1-3-37-21-9-7-19(8-10-21)32-39(35,36)22-11-12-24(23(28)15-22)38-16-26(34)30-20-6-4-5-18(14-20)27-29-17(2)13-25(33)31-27/h4-15,32H,3,16H2,1-2H3,(H,30,34)(H,29,31,33). The van der Waals surface area contributed by atoms with Gasteiger partial charge in [-0.15, -0.1) is 0 Å². The average molecular weight is 569 g/mol. The van der Waals surface area contributed by atoms with E-state index in [4.69, 9.17) is 21.1 Å². The highest BCUT2D eigenvalue weighted by atomic mass is 35.5. The first-order valence-corrected chi connectivity index (χ1v) is 13.7. The molecule has 0 bridgehead atoms. The maximum atomic E-state index is 12.8. The lowest BCUT2D eigenvalue weighted by Gasteiger charge is -2.12. The van der Waals surface area contributed by atoms with Crippen molar-refractivity contribution in [2.45, 2.75) is 18.7 Å². The van der Waals surface area contributed by atoms with Gasteiger partial charge in [0, 0.05) is 28.7 Å². The van der Waals surface area contributed by atoms with Crippen molar-refractivity contribution < 1.29 is 22.7 Å². The number of nitrogens with zero attached hydrogens (tertiary/aromatic N) is 1. The zero-order chi connectivity index (χ0) is 28.0. The number of H-pyrrole nitrogens is 1. The van der Waals surface area contributed by atoms with E-state index in [1.807, 2.05) is 6.92 Å². The number of aromatic amines is 1. The number of rotatable bonds is 10. The van der Waals surface area contributed by atoms with Crippen molar-refractivity contribution in [3.05, 3.63) is 93.9 Å². The molecule has 4 rings (SSSR count). The highest BCUT2D eigenvalue weighted by molar-refractivity contribution is 7.92. The molecule has 0 aliphatic rings. The fourth-order valence-corrected chi connectivity index (χ4v) is 4.95. The third kappa shape index (κ3) is 7.37. The van der Waals surface area contributed by atoms with Crippen LogP contribution in [0.15, 0.2) is 82.5 Å². The van der Waals surface area contributed by atoms with Crippen molar-refractivity contribution in [2.75, 3.05) is 23.3 Å². The number of carbonyl (C=O) groups is 1. The van der Waals surface area contributed by atoms with Crippen LogP contribution < -0.4 is 25.1 Å². The number of amides is 1. The lowest BCUT2D eigenvalue weighted by Crippen LogP contribution is -2.20. The first-order chi connectivity index (χ1) is 18.6. The van der Waals surface area contributed by atoms with E-state index in [-0.39, 0.29) is 27.8 Å². The topological polar surface area (TPSA) is 139 Å². The Morgan fingerprint density at radius 3 is 2.46 bits per heavy atom. The summed E-state index contributed by atoms with van der Waals surface area (Å²) in [5, 5.41) is 2.73. The summed E-state index contributed by atoms with van der Waals surface area (Å²) in [6.45, 7) is 3.70. The molecule has 0 saturated carbocycles. The number of aryl methyl sites for hydroxylation is 1. The molecule has 0 atom stereocenters. The largest absolute Gasteiger partial charge is 0.494 e. The van der Waals surface area contributed by atoms with Gasteiger partial charge in [-0.25, -0.2) is 13.4 Å². The zero-order valence-electron chi connectivity index (χ0n) is 21.0. The summed E-state index contributed by atoms with van der Waals surface area (Å²) in [4.78, 5) is 31.1. The molecule has 10 nitrogen and oxygen atoms in total. The molecule has 0 saturated heterocycles. The predicted molar refractivity (Wildman–Crippen MR) is 149 cm³/mol. The minimum Gasteiger partial charge on any atom is -0.494 e. The van der Waals surface area contributed by atoms with Crippen molar-refractivity contribution in [3.8, 4) is 22.9 Å². The number of hydrogen-bond donors (Lipinski definition) is 3. The molecule has 0 fully saturated rings. The number of sulfonamides is 1. The van der Waals surface area contributed by atoms with Crippen LogP contribution in [0, 0.1) is 6.92 Å². The molecule has 1 amide bonds. The fourth-order valence-electron chi connectivity index (χ4n) is 3.57. The third-order valence-corrected chi connectivity index (χ3v) is 6.95. The highest BCUT2D eigenvalue weighted by Gasteiger charge is 2.17. The van der Waals surface area contributed by atoms with Gasteiger partial charge in [0.05, 0.1) is 16.5 Å². The number of benzene rings is 3. The van der Waals surface area contributed by atoms with E-state index in [1.54, 1.807) is 55.5 Å². The van der Waals surface area contributed by atoms with Crippen LogP contribution >= 0.6 is 11.6 Å². The molecule has 3 N–H and O–H groups in total. The number of carbonyl (C=O) groups excluding carboxylic acids is 1. The summed E-state index contributed by atoms with van der Waals surface area (Å²) < 4.78 is 38.9. The highest BCUT2D eigenvalue weighted by Crippen LogP contribution is 2.29. The van der Waals surface area contributed by atoms with E-state index in [0.29, 0.717) is 40.8 Å². The Bertz CT molecular complexity index is 1660. The summed E-state index contributed by atoms with van der Waals surface area (Å²) in [7, 11) is -3.92. The lowest BCUT2D eigenvalue weighted by atomic mass is 10.2. The molecule has 0 spiro atoms. The Balaban J connectivity index is 1.37. The summed E-state index contributed by atoms with van der Waals surface area (Å²) in [6, 6.07) is 18.6. The summed E-state index contributed by atoms with van der Waals surface area (Å²) in [5.41, 5.74) is 1.74. The molecule has 3 aromatic carbocycles. The van der Waals surface area contributed by atoms with Gasteiger partial charge < -0.3 is 19.8 Å². The van der Waals surface area contributed by atoms with Gasteiger partial charge in [0.1, 0.15) is 17.3 Å². The van der Waals surface area contributed by atoms with Crippen molar-refractivity contribution in [1.29, 1.82) is 0 Å². The van der Waals surface area contributed by atoms with Crippen LogP contribution in [-0.4, -0.2) is 37.5 Å². The van der Waals surface area contributed by atoms with Crippen molar-refractivity contribution in [2.24, 2.45) is 0 Å². The van der Waals surface area contributed by atoms with Crippen molar-refractivity contribution in [1.82, 2.24) is 9.97 Å². The van der Waals surface area contributed by atoms with Crippen LogP contribution in [0.1, 0.15) is 12.6 Å². The number of ether oxygens (including phenoxy) is 2. The molecule has 1 heterocycles. The second-order valence-electron chi connectivity index (χ2n) is 8.31. The number of hydrogen-bond acceptors (Lipinski definition) is 7. The van der Waals surface area contributed by atoms with Gasteiger partial charge in [0.25, 0.3) is 21.5 Å². The van der Waals surface area contributed by atoms with Crippen LogP contribution in [0.25, 0.3) is 11.4 Å². The maximum absolute atomic E-state index is 12.8. The summed E-state index contributed by atoms with van der Waals surface area (Å²) >= 11 is 6.25. The molecule has 1 aromatic heterocycles. The van der Waals surface area contributed by atoms with E-state index in [1.165, 1.54) is 24.3 Å². The van der Waals surface area contributed by atoms with Crippen LogP contribution in [0.3, 0.4) is 0 Å². The van der Waals surface area contributed by atoms with E-state index in [9.17, 15) is 18.0 Å². The minimum atomic E-state index is -3.92. The molecule has 4 aromatic rings. The first kappa shape index (κ1) is 27.7. The van der Waals surface area contributed by atoms with Gasteiger partial charge in [-0.3, -0.25) is 14.3 Å². The minimum absolute atomic E-state index is 0.0221. The van der Waals surface area contributed by atoms with Crippen LogP contribution in [0.2, 0.25) is 5.02 Å².